The van der Waals surface area contributed by atoms with Crippen LogP contribution in [0.5, 0.6) is 0 Å². The van der Waals surface area contributed by atoms with Gasteiger partial charge in [-0.25, -0.2) is 0 Å². The smallest absolute Gasteiger partial charge is 0.0665 e. The molecule has 1 aromatic rings. The van der Waals surface area contributed by atoms with Crippen LogP contribution in [0.3, 0.4) is 0 Å². The maximum Gasteiger partial charge on any atom is 0.0665 e. The Balaban J connectivity index is 2.94. The second kappa shape index (κ2) is 2.91. The van der Waals surface area contributed by atoms with Gasteiger partial charge >= 0.3 is 0 Å². The van der Waals surface area contributed by atoms with Crippen molar-refractivity contribution in [2.45, 2.75) is 12.3 Å². The topological polar surface area (TPSA) is 0 Å². The van der Waals surface area contributed by atoms with Gasteiger partial charge in [0.25, 0.3) is 0 Å². The Hall–Kier alpha value is 0.280. The number of thiophene rings is 1. The van der Waals surface area contributed by atoms with E-state index in [-0.39, 0.29) is 5.38 Å². The van der Waals surface area contributed by atoms with E-state index >= 15 is 0 Å². The average Bonchev–Trinajstić information content (AvgIpc) is 2.13. The summed E-state index contributed by atoms with van der Waals surface area (Å²) in [5.41, 5.74) is 0. The molecule has 1 heterocycles. The maximum absolute atomic E-state index is 5.78. The molecule has 0 aliphatic rings. The summed E-state index contributed by atoms with van der Waals surface area (Å²) in [5, 5.41) is 2.76. The summed E-state index contributed by atoms with van der Waals surface area (Å²) >= 11 is 13.1. The second-order valence-corrected chi connectivity index (χ2v) is 3.76. The largest absolute Gasteiger partial charge is 0.146 e. The summed E-state index contributed by atoms with van der Waals surface area (Å²) < 4.78 is 0. The lowest BCUT2D eigenvalue weighted by atomic mass is 10.4. The van der Waals surface area contributed by atoms with Gasteiger partial charge in [0.15, 0.2) is 0 Å². The van der Waals surface area contributed by atoms with Crippen LogP contribution >= 0.6 is 34.5 Å². The maximum atomic E-state index is 5.78. The molecule has 0 aliphatic heterocycles. The van der Waals surface area contributed by atoms with Gasteiger partial charge in [0.1, 0.15) is 0 Å². The van der Waals surface area contributed by atoms with Crippen LogP contribution in [0.1, 0.15) is 17.2 Å². The van der Waals surface area contributed by atoms with Gasteiger partial charge < -0.3 is 0 Å². The first-order chi connectivity index (χ1) is 4.22. The molecule has 1 atom stereocenters. The highest BCUT2D eigenvalue weighted by atomic mass is 35.5. The van der Waals surface area contributed by atoms with Crippen LogP contribution in [0, 0.1) is 0 Å². The van der Waals surface area contributed by atoms with E-state index in [1.54, 1.807) is 11.3 Å². The predicted octanol–water partition coefficient (Wildman–Crippen LogP) is 3.70. The van der Waals surface area contributed by atoms with E-state index in [0.717, 1.165) is 9.90 Å². The van der Waals surface area contributed by atoms with Crippen LogP contribution in [0.15, 0.2) is 11.4 Å². The molecule has 0 N–H and O–H groups in total. The molecule has 1 aromatic heterocycles. The van der Waals surface area contributed by atoms with E-state index in [1.165, 1.54) is 0 Å². The molecule has 3 heteroatoms. The monoisotopic (exact) mass is 180 g/mol. The van der Waals surface area contributed by atoms with Gasteiger partial charge in [-0.2, -0.15) is 0 Å². The molecule has 0 fully saturated rings. The van der Waals surface area contributed by atoms with E-state index in [4.69, 9.17) is 23.2 Å². The Morgan fingerprint density at radius 2 is 2.33 bits per heavy atom. The molecule has 1 rings (SSSR count). The third-order valence-corrected chi connectivity index (χ3v) is 2.89. The molecule has 9 heavy (non-hydrogen) atoms. The number of hydrogen-bond donors (Lipinski definition) is 0. The molecule has 1 unspecified atom stereocenters. The van der Waals surface area contributed by atoms with Gasteiger partial charge in [0.2, 0.25) is 0 Å². The highest BCUT2D eigenvalue weighted by Crippen LogP contribution is 2.31. The van der Waals surface area contributed by atoms with Crippen molar-refractivity contribution in [2.24, 2.45) is 0 Å². The molecule has 0 nitrogen and oxygen atoms in total. The number of rotatable bonds is 1. The minimum absolute atomic E-state index is 0.0394. The Kier molecular flexibility index (Phi) is 2.39. The number of hydrogen-bond acceptors (Lipinski definition) is 1. The fourth-order valence-electron chi connectivity index (χ4n) is 0.589. The first kappa shape index (κ1) is 7.39. The quantitative estimate of drug-likeness (QED) is 0.579. The summed E-state index contributed by atoms with van der Waals surface area (Å²) in [6.45, 7) is 1.92. The normalized spacial score (nSPS) is 13.7. The van der Waals surface area contributed by atoms with Crippen molar-refractivity contribution < 1.29 is 0 Å². The lowest BCUT2D eigenvalue weighted by molar-refractivity contribution is 1.12. The van der Waals surface area contributed by atoms with Crippen molar-refractivity contribution >= 4 is 34.5 Å². The zero-order chi connectivity index (χ0) is 6.85. The Morgan fingerprint density at radius 1 is 1.67 bits per heavy atom. The molecule has 50 valence electrons. The summed E-state index contributed by atoms with van der Waals surface area (Å²) in [7, 11) is 0. The van der Waals surface area contributed by atoms with Crippen molar-refractivity contribution in [3.05, 3.63) is 21.3 Å². The van der Waals surface area contributed by atoms with Crippen LogP contribution in [0.25, 0.3) is 0 Å². The van der Waals surface area contributed by atoms with Crippen LogP contribution in [-0.2, 0) is 0 Å². The zero-order valence-corrected chi connectivity index (χ0v) is 7.22. The molecule has 0 spiro atoms. The van der Waals surface area contributed by atoms with Crippen molar-refractivity contribution in [1.29, 1.82) is 0 Å². The first-order valence-electron chi connectivity index (χ1n) is 2.59. The van der Waals surface area contributed by atoms with E-state index in [2.05, 4.69) is 0 Å². The zero-order valence-electron chi connectivity index (χ0n) is 4.90. The van der Waals surface area contributed by atoms with Crippen molar-refractivity contribution in [1.82, 2.24) is 0 Å². The standard InChI is InChI=1S/C6H6Cl2S/c1-4(7)6-5(8)2-3-9-6/h2-4H,1H3. The predicted molar refractivity (Wildman–Crippen MR) is 43.6 cm³/mol. The molecule has 0 aliphatic carbocycles. The Bertz CT molecular complexity index is 193. The summed E-state index contributed by atoms with van der Waals surface area (Å²) in [6, 6.07) is 1.86. The van der Waals surface area contributed by atoms with Crippen LogP contribution in [0.2, 0.25) is 5.02 Å². The first-order valence-corrected chi connectivity index (χ1v) is 4.28. The van der Waals surface area contributed by atoms with Crippen LogP contribution < -0.4 is 0 Å². The molecular weight excluding hydrogens is 175 g/mol. The molecule has 0 aromatic carbocycles. The number of halogens is 2. The van der Waals surface area contributed by atoms with Crippen molar-refractivity contribution in [2.75, 3.05) is 0 Å². The van der Waals surface area contributed by atoms with Crippen molar-refractivity contribution in [3.8, 4) is 0 Å². The minimum Gasteiger partial charge on any atom is -0.146 e. The summed E-state index contributed by atoms with van der Waals surface area (Å²) in [4.78, 5) is 1.05. The third kappa shape index (κ3) is 1.60. The van der Waals surface area contributed by atoms with Crippen LogP contribution in [-0.4, -0.2) is 0 Å². The highest BCUT2D eigenvalue weighted by molar-refractivity contribution is 7.10. The van der Waals surface area contributed by atoms with E-state index in [0.29, 0.717) is 0 Å². The fourth-order valence-corrected chi connectivity index (χ4v) is 2.07. The Labute approximate surface area is 68.4 Å². The summed E-state index contributed by atoms with van der Waals surface area (Å²) in [6.07, 6.45) is 0. The van der Waals surface area contributed by atoms with Gasteiger partial charge in [0.05, 0.1) is 10.4 Å². The fraction of sp³-hybridized carbons (Fsp3) is 0.333. The second-order valence-electron chi connectivity index (χ2n) is 1.75. The molecule has 0 bridgehead atoms. The molecule has 0 radical (unpaired) electrons. The van der Waals surface area contributed by atoms with Gasteiger partial charge in [-0.3, -0.25) is 0 Å². The van der Waals surface area contributed by atoms with Gasteiger partial charge in [-0.1, -0.05) is 11.6 Å². The van der Waals surface area contributed by atoms with Crippen molar-refractivity contribution in [3.63, 3.8) is 0 Å². The molecule has 0 amide bonds. The van der Waals surface area contributed by atoms with Gasteiger partial charge in [-0.05, 0) is 18.4 Å². The third-order valence-electron chi connectivity index (χ3n) is 1.01. The van der Waals surface area contributed by atoms with Crippen LogP contribution in [0.4, 0.5) is 0 Å². The van der Waals surface area contributed by atoms with E-state index < -0.39 is 0 Å². The molecular formula is C6H6Cl2S. The number of alkyl halides is 1. The van der Waals surface area contributed by atoms with Gasteiger partial charge in [0, 0.05) is 4.88 Å². The SMILES string of the molecule is CC(Cl)c1sccc1Cl. The molecule has 0 saturated heterocycles. The lowest BCUT2D eigenvalue weighted by Crippen LogP contribution is -1.75. The van der Waals surface area contributed by atoms with Gasteiger partial charge in [-0.15, -0.1) is 22.9 Å². The minimum atomic E-state index is 0.0394. The summed E-state index contributed by atoms with van der Waals surface area (Å²) in [5.74, 6) is 0. The Morgan fingerprint density at radius 3 is 2.56 bits per heavy atom. The molecule has 0 saturated carbocycles. The average molecular weight is 181 g/mol. The lowest BCUT2D eigenvalue weighted by Gasteiger charge is -1.96. The van der Waals surface area contributed by atoms with E-state index in [9.17, 15) is 0 Å². The van der Waals surface area contributed by atoms with E-state index in [1.807, 2.05) is 18.4 Å². The highest BCUT2D eigenvalue weighted by Gasteiger charge is 2.06.